The molecule has 0 aliphatic rings. The van der Waals surface area contributed by atoms with Gasteiger partial charge in [0.2, 0.25) is 0 Å². The normalized spacial score (nSPS) is 11.8. The van der Waals surface area contributed by atoms with Gasteiger partial charge in [-0.05, 0) is 83.6 Å². The molecule has 0 saturated heterocycles. The summed E-state index contributed by atoms with van der Waals surface area (Å²) in [5, 5.41) is 4.98. The topological polar surface area (TPSA) is 61.8 Å². The lowest BCUT2D eigenvalue weighted by molar-refractivity contribution is 0.977. The van der Waals surface area contributed by atoms with Crippen LogP contribution in [0.5, 0.6) is 0 Å². The van der Waals surface area contributed by atoms with Crippen LogP contribution in [0.3, 0.4) is 0 Å². The van der Waals surface area contributed by atoms with Crippen LogP contribution < -0.4 is 11.1 Å². The van der Waals surface area contributed by atoms with Crippen LogP contribution in [0.2, 0.25) is 0 Å². The highest BCUT2D eigenvalue weighted by Gasteiger charge is 2.22. The van der Waals surface area contributed by atoms with Gasteiger partial charge in [0.05, 0.1) is 38.7 Å². The predicted molar refractivity (Wildman–Crippen MR) is 200 cm³/mol. The van der Waals surface area contributed by atoms with E-state index in [0.717, 1.165) is 60.5 Å². The van der Waals surface area contributed by atoms with Gasteiger partial charge in [-0.15, -0.1) is 0 Å². The van der Waals surface area contributed by atoms with Crippen LogP contribution in [-0.4, -0.2) is 18.7 Å². The molecular weight excluding hydrogens is 604 g/mol. The molecule has 230 valence electrons. The molecular formula is C43H26N4O2. The third-order valence-corrected chi connectivity index (χ3v) is 9.68. The first kappa shape index (κ1) is 27.3. The van der Waals surface area contributed by atoms with Gasteiger partial charge in [-0.2, -0.15) is 0 Å². The van der Waals surface area contributed by atoms with Crippen LogP contribution in [0.15, 0.2) is 167 Å². The zero-order valence-corrected chi connectivity index (χ0v) is 26.1. The van der Waals surface area contributed by atoms with E-state index in [1.54, 1.807) is 6.20 Å². The summed E-state index contributed by atoms with van der Waals surface area (Å²) in [4.78, 5) is 34.8. The molecule has 0 saturated carbocycles. The second-order valence-corrected chi connectivity index (χ2v) is 12.3. The number of para-hydroxylation sites is 4. The van der Waals surface area contributed by atoms with Gasteiger partial charge >= 0.3 is 0 Å². The molecule has 0 radical (unpaired) electrons. The fourth-order valence-electron chi connectivity index (χ4n) is 7.63. The third-order valence-electron chi connectivity index (χ3n) is 9.68. The maximum absolute atomic E-state index is 15.1. The summed E-state index contributed by atoms with van der Waals surface area (Å²) in [5.41, 5.74) is 6.28. The minimum absolute atomic E-state index is 0.359. The van der Waals surface area contributed by atoms with Crippen molar-refractivity contribution in [3.8, 4) is 17.1 Å². The molecule has 0 fully saturated rings. The molecule has 0 N–H and O–H groups in total. The van der Waals surface area contributed by atoms with Crippen molar-refractivity contribution in [1.29, 1.82) is 0 Å². The summed E-state index contributed by atoms with van der Waals surface area (Å²) in [7, 11) is 0. The second kappa shape index (κ2) is 10.4. The van der Waals surface area contributed by atoms with Crippen LogP contribution in [-0.2, 0) is 0 Å². The minimum atomic E-state index is -0.374. The standard InChI is InChI=1S/C43H26N4O2/c48-42-33-25-34-38(46(28-15-6-2-7-16-28)37-21-12-24-44-41(34)37)26-32(33)30-22-23-36-39(40(30)43(49)47(42)29-17-8-3-9-18-29)31-19-10-11-20-35(31)45(36)27-13-4-1-5-14-27/h1-26H. The number of rotatable bonds is 3. The monoisotopic (exact) mass is 630 g/mol. The molecule has 0 aliphatic carbocycles. The fraction of sp³-hybridized carbons (Fsp3) is 0. The average Bonchev–Trinajstić information content (AvgIpc) is 3.65. The molecule has 0 aliphatic heterocycles. The summed E-state index contributed by atoms with van der Waals surface area (Å²) < 4.78 is 5.72. The van der Waals surface area contributed by atoms with Crippen molar-refractivity contribution in [2.45, 2.75) is 0 Å². The van der Waals surface area contributed by atoms with Crippen molar-refractivity contribution in [2.75, 3.05) is 0 Å². The molecule has 6 heteroatoms. The number of hydrogen-bond donors (Lipinski definition) is 0. The van der Waals surface area contributed by atoms with Crippen molar-refractivity contribution >= 4 is 65.3 Å². The van der Waals surface area contributed by atoms with Crippen LogP contribution in [0.1, 0.15) is 0 Å². The molecule has 6 aromatic carbocycles. The van der Waals surface area contributed by atoms with Crippen LogP contribution in [0.4, 0.5) is 0 Å². The quantitative estimate of drug-likeness (QED) is 0.196. The Morgan fingerprint density at radius 1 is 0.367 bits per heavy atom. The van der Waals surface area contributed by atoms with Gasteiger partial charge in [-0.25, -0.2) is 4.57 Å². The molecule has 6 nitrogen and oxygen atoms in total. The maximum Gasteiger partial charge on any atom is 0.266 e. The summed E-state index contributed by atoms with van der Waals surface area (Å²) in [6, 6.07) is 49.8. The Morgan fingerprint density at radius 3 is 1.65 bits per heavy atom. The minimum Gasteiger partial charge on any atom is -0.309 e. The molecule has 49 heavy (non-hydrogen) atoms. The van der Waals surface area contributed by atoms with Crippen LogP contribution in [0, 0.1) is 0 Å². The van der Waals surface area contributed by atoms with Gasteiger partial charge in [0.15, 0.2) is 0 Å². The van der Waals surface area contributed by atoms with Crippen molar-refractivity contribution < 1.29 is 0 Å². The molecule has 10 rings (SSSR count). The Morgan fingerprint density at radius 2 is 0.959 bits per heavy atom. The van der Waals surface area contributed by atoms with Crippen molar-refractivity contribution in [2.24, 2.45) is 0 Å². The SMILES string of the molecule is O=c1c2cc3c4ncccc4n(-c4ccccc4)c3cc2c2ccc3c(c4ccccc4n3-c3ccccc3)c2c(=O)n1-c1ccccc1. The largest absolute Gasteiger partial charge is 0.309 e. The van der Waals surface area contributed by atoms with Gasteiger partial charge < -0.3 is 9.13 Å². The number of benzene rings is 6. The van der Waals surface area contributed by atoms with Gasteiger partial charge in [0.25, 0.3) is 11.1 Å². The Bertz CT molecular complexity index is 3070. The van der Waals surface area contributed by atoms with Gasteiger partial charge in [0.1, 0.15) is 0 Å². The average molecular weight is 631 g/mol. The Labute approximate surface area is 279 Å². The molecule has 0 unspecified atom stereocenters. The lowest BCUT2D eigenvalue weighted by atomic mass is 10.0. The van der Waals surface area contributed by atoms with E-state index in [4.69, 9.17) is 4.98 Å². The molecule has 0 spiro atoms. The molecule has 0 bridgehead atoms. The number of hydrogen-bond acceptors (Lipinski definition) is 3. The molecule has 4 heterocycles. The van der Waals surface area contributed by atoms with Crippen molar-refractivity contribution in [1.82, 2.24) is 18.7 Å². The highest BCUT2D eigenvalue weighted by Crippen LogP contribution is 2.39. The zero-order valence-electron chi connectivity index (χ0n) is 26.1. The van der Waals surface area contributed by atoms with Gasteiger partial charge in [-0.1, -0.05) is 78.9 Å². The Hall–Kier alpha value is -6.79. The number of pyridine rings is 1. The lowest BCUT2D eigenvalue weighted by Gasteiger charge is -2.08. The third kappa shape index (κ3) is 3.85. The van der Waals surface area contributed by atoms with E-state index >= 15 is 4.79 Å². The van der Waals surface area contributed by atoms with Gasteiger partial charge in [0, 0.05) is 39.1 Å². The van der Waals surface area contributed by atoms with Crippen LogP contribution >= 0.6 is 0 Å². The van der Waals surface area contributed by atoms with E-state index in [1.807, 2.05) is 97.1 Å². The summed E-state index contributed by atoms with van der Waals surface area (Å²) in [5.74, 6) is 0. The smallest absolute Gasteiger partial charge is 0.266 e. The zero-order chi connectivity index (χ0) is 32.6. The molecule has 0 atom stereocenters. The molecule has 0 amide bonds. The van der Waals surface area contributed by atoms with Crippen molar-refractivity contribution in [3.63, 3.8) is 0 Å². The van der Waals surface area contributed by atoms with E-state index in [9.17, 15) is 4.79 Å². The summed E-state index contributed by atoms with van der Waals surface area (Å²) >= 11 is 0. The highest BCUT2D eigenvalue weighted by atomic mass is 16.2. The van der Waals surface area contributed by atoms with E-state index in [1.165, 1.54) is 4.57 Å². The second-order valence-electron chi connectivity index (χ2n) is 12.3. The first-order valence-corrected chi connectivity index (χ1v) is 16.2. The summed E-state index contributed by atoms with van der Waals surface area (Å²) in [6.45, 7) is 0. The Kier molecular flexibility index (Phi) is 5.78. The van der Waals surface area contributed by atoms with E-state index < -0.39 is 0 Å². The molecule has 4 aromatic heterocycles. The van der Waals surface area contributed by atoms with E-state index in [2.05, 4.69) is 63.7 Å². The van der Waals surface area contributed by atoms with Gasteiger partial charge in [-0.3, -0.25) is 14.6 Å². The first-order chi connectivity index (χ1) is 24.2. The predicted octanol–water partition coefficient (Wildman–Crippen LogP) is 9.09. The molecule has 10 aromatic rings. The number of aromatic nitrogens is 4. The van der Waals surface area contributed by atoms with Crippen molar-refractivity contribution in [3.05, 3.63) is 179 Å². The number of nitrogens with zero attached hydrogens (tertiary/aromatic N) is 4. The van der Waals surface area contributed by atoms with Crippen LogP contribution in [0.25, 0.3) is 82.3 Å². The highest BCUT2D eigenvalue weighted by molar-refractivity contribution is 6.26. The lowest BCUT2D eigenvalue weighted by Crippen LogP contribution is -2.28. The Balaban J connectivity index is 1.49. The first-order valence-electron chi connectivity index (χ1n) is 16.2. The number of fused-ring (bicyclic) bond motifs is 10. The summed E-state index contributed by atoms with van der Waals surface area (Å²) in [6.07, 6.45) is 1.78. The van der Waals surface area contributed by atoms with E-state index in [-0.39, 0.29) is 11.1 Å². The maximum atomic E-state index is 15.1. The fourth-order valence-corrected chi connectivity index (χ4v) is 7.63. The van der Waals surface area contributed by atoms with E-state index in [0.29, 0.717) is 21.8 Å².